The Morgan fingerprint density at radius 3 is 2.31 bits per heavy atom. The van der Waals surface area contributed by atoms with Gasteiger partial charge in [-0.05, 0) is 25.0 Å². The molecule has 0 aromatic heterocycles. The van der Waals surface area contributed by atoms with Gasteiger partial charge >= 0.3 is 5.97 Å². The maximum atomic E-state index is 12.1. The molecule has 0 aliphatic heterocycles. The number of nitrogens with one attached hydrogen (secondary N) is 2. The highest BCUT2D eigenvalue weighted by atomic mass is 16.6. The number of carboxylic acid groups (broad SMARTS) is 1. The van der Waals surface area contributed by atoms with E-state index < -0.39 is 41.1 Å². The van der Waals surface area contributed by atoms with Crippen LogP contribution in [-0.2, 0) is 14.4 Å². The molecule has 1 aromatic carbocycles. The average molecular weight is 365 g/mol. The lowest BCUT2D eigenvalue weighted by Gasteiger charge is -2.27. The summed E-state index contributed by atoms with van der Waals surface area (Å²) in [5.74, 6) is -3.37. The molecule has 1 aromatic rings. The van der Waals surface area contributed by atoms with Crippen LogP contribution in [0.1, 0.15) is 25.7 Å². The molecule has 2 rings (SSSR count). The Balaban J connectivity index is 1.78. The predicted molar refractivity (Wildman–Crippen MR) is 88.0 cm³/mol. The fourth-order valence-electron chi connectivity index (χ4n) is 2.81. The van der Waals surface area contributed by atoms with Crippen LogP contribution < -0.4 is 15.6 Å². The van der Waals surface area contributed by atoms with Crippen LogP contribution in [-0.4, -0.2) is 34.4 Å². The third-order valence-electron chi connectivity index (χ3n) is 4.16. The quantitative estimate of drug-likeness (QED) is 0.503. The lowest BCUT2D eigenvalue weighted by atomic mass is 9.79. The van der Waals surface area contributed by atoms with Crippen molar-refractivity contribution in [3.05, 3.63) is 34.4 Å². The van der Waals surface area contributed by atoms with E-state index in [4.69, 9.17) is 9.84 Å². The molecule has 0 heterocycles. The Morgan fingerprint density at radius 1 is 1.12 bits per heavy atom. The molecule has 0 spiro atoms. The third-order valence-corrected chi connectivity index (χ3v) is 4.16. The van der Waals surface area contributed by atoms with Gasteiger partial charge in [0.1, 0.15) is 5.75 Å². The highest BCUT2D eigenvalue weighted by Crippen LogP contribution is 2.30. The second-order valence-electron chi connectivity index (χ2n) is 5.91. The number of hydrogen-bond donors (Lipinski definition) is 3. The largest absolute Gasteiger partial charge is 0.484 e. The minimum absolute atomic E-state index is 0.102. The number of nitro groups is 1. The second kappa shape index (κ2) is 8.79. The molecule has 3 N–H and O–H groups in total. The van der Waals surface area contributed by atoms with Crippen LogP contribution in [0.15, 0.2) is 24.3 Å². The van der Waals surface area contributed by atoms with Crippen molar-refractivity contribution in [1.29, 1.82) is 0 Å². The normalized spacial score (nSPS) is 19.2. The summed E-state index contributed by atoms with van der Waals surface area (Å²) in [4.78, 5) is 45.0. The van der Waals surface area contributed by atoms with Gasteiger partial charge in [-0.1, -0.05) is 12.8 Å². The summed E-state index contributed by atoms with van der Waals surface area (Å²) in [7, 11) is 0. The van der Waals surface area contributed by atoms with E-state index in [1.165, 1.54) is 24.3 Å². The van der Waals surface area contributed by atoms with Gasteiger partial charge in [0, 0.05) is 12.1 Å². The molecule has 10 nitrogen and oxygen atoms in total. The molecule has 0 saturated heterocycles. The van der Waals surface area contributed by atoms with E-state index in [-0.39, 0.29) is 11.4 Å². The van der Waals surface area contributed by atoms with Crippen LogP contribution in [0, 0.1) is 22.0 Å². The maximum Gasteiger partial charge on any atom is 0.307 e. The number of hydrogen-bond acceptors (Lipinski definition) is 6. The first-order valence-electron chi connectivity index (χ1n) is 8.07. The number of carboxylic acids is 1. The molecule has 2 amide bonds. The standard InChI is InChI=1S/C16H19N3O7/c20-14(9-26-11-7-5-10(6-8-11)19(24)25)17-18-15(21)12-3-1-2-4-13(12)16(22)23/h5-8,12-13H,1-4,9H2,(H,17,20)(H,18,21)(H,22,23). The van der Waals surface area contributed by atoms with E-state index in [0.717, 1.165) is 12.8 Å². The van der Waals surface area contributed by atoms with Gasteiger partial charge in [-0.25, -0.2) is 0 Å². The van der Waals surface area contributed by atoms with Crippen LogP contribution in [0.25, 0.3) is 0 Å². The van der Waals surface area contributed by atoms with Gasteiger partial charge in [-0.15, -0.1) is 0 Å². The van der Waals surface area contributed by atoms with Gasteiger partial charge in [0.15, 0.2) is 6.61 Å². The van der Waals surface area contributed by atoms with Crippen molar-refractivity contribution in [1.82, 2.24) is 10.9 Å². The van der Waals surface area contributed by atoms with Gasteiger partial charge in [0.2, 0.25) is 5.91 Å². The maximum absolute atomic E-state index is 12.1. The Kier molecular flexibility index (Phi) is 6.48. The number of amides is 2. The van der Waals surface area contributed by atoms with Crippen LogP contribution in [0.2, 0.25) is 0 Å². The van der Waals surface area contributed by atoms with Crippen molar-refractivity contribution in [3.63, 3.8) is 0 Å². The number of nitro benzene ring substituents is 1. The van der Waals surface area contributed by atoms with E-state index in [1.807, 2.05) is 0 Å². The first-order valence-corrected chi connectivity index (χ1v) is 8.07. The molecule has 0 bridgehead atoms. The lowest BCUT2D eigenvalue weighted by Crippen LogP contribution is -2.49. The zero-order valence-corrected chi connectivity index (χ0v) is 13.8. The van der Waals surface area contributed by atoms with Crippen molar-refractivity contribution in [2.45, 2.75) is 25.7 Å². The number of carbonyl (C=O) groups is 3. The van der Waals surface area contributed by atoms with Crippen molar-refractivity contribution < 1.29 is 29.2 Å². The zero-order valence-electron chi connectivity index (χ0n) is 13.8. The second-order valence-corrected chi connectivity index (χ2v) is 5.91. The van der Waals surface area contributed by atoms with Crippen LogP contribution in [0.5, 0.6) is 5.75 Å². The zero-order chi connectivity index (χ0) is 19.1. The van der Waals surface area contributed by atoms with Gasteiger partial charge in [0.05, 0.1) is 16.8 Å². The summed E-state index contributed by atoms with van der Waals surface area (Å²) in [5, 5.41) is 19.7. The number of non-ortho nitro benzene ring substituents is 1. The van der Waals surface area contributed by atoms with Crippen molar-refractivity contribution >= 4 is 23.5 Å². The molecular weight excluding hydrogens is 346 g/mol. The number of benzene rings is 1. The van der Waals surface area contributed by atoms with Crippen molar-refractivity contribution in [3.8, 4) is 5.75 Å². The minimum Gasteiger partial charge on any atom is -0.484 e. The fourth-order valence-corrected chi connectivity index (χ4v) is 2.81. The minimum atomic E-state index is -1.02. The van der Waals surface area contributed by atoms with E-state index in [9.17, 15) is 24.5 Å². The summed E-state index contributed by atoms with van der Waals surface area (Å²) >= 11 is 0. The summed E-state index contributed by atoms with van der Waals surface area (Å²) in [5.41, 5.74) is 4.30. The molecule has 26 heavy (non-hydrogen) atoms. The van der Waals surface area contributed by atoms with E-state index >= 15 is 0 Å². The van der Waals surface area contributed by atoms with Gasteiger partial charge in [-0.2, -0.15) is 0 Å². The first kappa shape index (κ1) is 19.2. The van der Waals surface area contributed by atoms with Gasteiger partial charge in [-0.3, -0.25) is 35.3 Å². The van der Waals surface area contributed by atoms with Gasteiger partial charge < -0.3 is 9.84 Å². The molecule has 1 aliphatic rings. The van der Waals surface area contributed by atoms with Crippen LogP contribution >= 0.6 is 0 Å². The van der Waals surface area contributed by atoms with Crippen LogP contribution in [0.3, 0.4) is 0 Å². The molecule has 2 unspecified atom stereocenters. The average Bonchev–Trinajstić information content (AvgIpc) is 2.64. The molecule has 10 heteroatoms. The molecule has 1 saturated carbocycles. The number of carbonyl (C=O) groups excluding carboxylic acids is 2. The molecular formula is C16H19N3O7. The monoisotopic (exact) mass is 365 g/mol. The van der Waals surface area contributed by atoms with Crippen LogP contribution in [0.4, 0.5) is 5.69 Å². The molecule has 1 aliphatic carbocycles. The molecule has 2 atom stereocenters. The summed E-state index contributed by atoms with van der Waals surface area (Å²) in [6, 6.07) is 5.18. The van der Waals surface area contributed by atoms with E-state index in [1.54, 1.807) is 0 Å². The van der Waals surface area contributed by atoms with E-state index in [2.05, 4.69) is 10.9 Å². The molecule has 140 valence electrons. The smallest absolute Gasteiger partial charge is 0.307 e. The third kappa shape index (κ3) is 5.16. The number of aliphatic carboxylic acids is 1. The Morgan fingerprint density at radius 2 is 1.73 bits per heavy atom. The summed E-state index contributed by atoms with van der Waals surface area (Å²) < 4.78 is 5.16. The van der Waals surface area contributed by atoms with Crippen molar-refractivity contribution in [2.24, 2.45) is 11.8 Å². The summed E-state index contributed by atoms with van der Waals surface area (Å²) in [6.45, 7) is -0.412. The Hall–Kier alpha value is -3.17. The fraction of sp³-hybridized carbons (Fsp3) is 0.438. The number of rotatable bonds is 6. The Labute approximate surface area is 148 Å². The highest BCUT2D eigenvalue weighted by Gasteiger charge is 2.35. The first-order chi connectivity index (χ1) is 12.4. The molecule has 1 fully saturated rings. The number of nitrogens with zero attached hydrogens (tertiary/aromatic N) is 1. The number of hydrazine groups is 1. The molecule has 0 radical (unpaired) electrons. The Bertz CT molecular complexity index is 690. The summed E-state index contributed by atoms with van der Waals surface area (Å²) in [6.07, 6.45) is 2.41. The van der Waals surface area contributed by atoms with E-state index in [0.29, 0.717) is 12.8 Å². The lowest BCUT2D eigenvalue weighted by molar-refractivity contribution is -0.384. The number of ether oxygens (including phenoxy) is 1. The predicted octanol–water partition coefficient (Wildman–Crippen LogP) is 1.01. The topological polar surface area (TPSA) is 148 Å². The highest BCUT2D eigenvalue weighted by molar-refractivity contribution is 5.87. The van der Waals surface area contributed by atoms with Crippen molar-refractivity contribution in [2.75, 3.05) is 6.61 Å². The SMILES string of the molecule is O=C(COc1ccc([N+](=O)[O-])cc1)NNC(=O)C1CCCCC1C(=O)O. The van der Waals surface area contributed by atoms with Gasteiger partial charge in [0.25, 0.3) is 11.6 Å².